The number of halogens is 2. The number of thioether (sulfide) groups is 1. The molecule has 1 atom stereocenters. The summed E-state index contributed by atoms with van der Waals surface area (Å²) in [5.74, 6) is 0.689. The molecular weight excluding hydrogens is 307 g/mol. The number of anilines is 1. The van der Waals surface area contributed by atoms with Gasteiger partial charge in [0.1, 0.15) is 5.82 Å². The maximum Gasteiger partial charge on any atom is 0.137 e. The molecule has 1 N–H and O–H groups in total. The molecule has 1 aliphatic heterocycles. The molecule has 1 heterocycles. The number of nitrogens with zero attached hydrogens (tertiary/aromatic N) is 1. The predicted molar refractivity (Wildman–Crippen MR) is 84.3 cm³/mol. The van der Waals surface area contributed by atoms with Gasteiger partial charge in [-0.15, -0.1) is 11.8 Å². The molecule has 0 fully saturated rings. The van der Waals surface area contributed by atoms with Crippen LogP contribution in [-0.2, 0) is 0 Å². The average molecular weight is 319 g/mol. The highest BCUT2D eigenvalue weighted by atomic mass is 35.5. The molecule has 5 heteroatoms. The first kappa shape index (κ1) is 14.2. The lowest BCUT2D eigenvalue weighted by molar-refractivity contribution is 0.585. The third kappa shape index (κ3) is 2.85. The Labute approximate surface area is 131 Å². The molecule has 0 saturated heterocycles. The number of nitriles is 1. The fourth-order valence-corrected chi connectivity index (χ4v) is 3.80. The second-order valence-electron chi connectivity index (χ2n) is 4.80. The summed E-state index contributed by atoms with van der Waals surface area (Å²) in [7, 11) is 0. The molecule has 0 radical (unpaired) electrons. The third-order valence-corrected chi connectivity index (χ3v) is 4.93. The molecule has 1 aliphatic rings. The van der Waals surface area contributed by atoms with E-state index in [1.807, 2.05) is 6.07 Å². The second kappa shape index (κ2) is 5.97. The van der Waals surface area contributed by atoms with Crippen LogP contribution in [0.1, 0.15) is 23.6 Å². The number of hydrogen-bond donors (Lipinski definition) is 1. The number of nitrogens with one attached hydrogen (secondary N) is 1. The van der Waals surface area contributed by atoms with Crippen molar-refractivity contribution < 1.29 is 4.39 Å². The SMILES string of the molecule is N#Cc1ccc(NC2CCSc3c(F)cccc32)c(Cl)c1. The van der Waals surface area contributed by atoms with E-state index < -0.39 is 0 Å². The van der Waals surface area contributed by atoms with Crippen molar-refractivity contribution >= 4 is 29.1 Å². The number of hydrogen-bond acceptors (Lipinski definition) is 3. The van der Waals surface area contributed by atoms with Crippen LogP contribution in [0.5, 0.6) is 0 Å². The van der Waals surface area contributed by atoms with Crippen molar-refractivity contribution in [1.82, 2.24) is 0 Å². The smallest absolute Gasteiger partial charge is 0.137 e. The second-order valence-corrected chi connectivity index (χ2v) is 6.31. The molecule has 0 saturated carbocycles. The van der Waals surface area contributed by atoms with Crippen LogP contribution < -0.4 is 5.32 Å². The summed E-state index contributed by atoms with van der Waals surface area (Å²) in [6, 6.07) is 12.4. The maximum atomic E-state index is 13.9. The Kier molecular flexibility index (Phi) is 4.05. The Morgan fingerprint density at radius 2 is 2.19 bits per heavy atom. The minimum Gasteiger partial charge on any atom is -0.377 e. The van der Waals surface area contributed by atoms with E-state index in [0.717, 1.165) is 23.4 Å². The molecule has 0 spiro atoms. The van der Waals surface area contributed by atoms with Crippen LogP contribution in [0.3, 0.4) is 0 Å². The van der Waals surface area contributed by atoms with Crippen molar-refractivity contribution in [2.24, 2.45) is 0 Å². The Morgan fingerprint density at radius 1 is 1.33 bits per heavy atom. The van der Waals surface area contributed by atoms with Crippen LogP contribution in [0.25, 0.3) is 0 Å². The van der Waals surface area contributed by atoms with Crippen molar-refractivity contribution in [3.05, 3.63) is 58.4 Å². The van der Waals surface area contributed by atoms with E-state index in [-0.39, 0.29) is 11.9 Å². The van der Waals surface area contributed by atoms with Crippen molar-refractivity contribution in [2.45, 2.75) is 17.4 Å². The summed E-state index contributed by atoms with van der Waals surface area (Å²) in [6.45, 7) is 0. The minimum absolute atomic E-state index is 0.0300. The van der Waals surface area contributed by atoms with Gasteiger partial charge in [0.25, 0.3) is 0 Å². The molecule has 0 amide bonds. The van der Waals surface area contributed by atoms with Crippen LogP contribution >= 0.6 is 23.4 Å². The van der Waals surface area contributed by atoms with Gasteiger partial charge in [0.15, 0.2) is 0 Å². The van der Waals surface area contributed by atoms with Gasteiger partial charge in [0.2, 0.25) is 0 Å². The first-order valence-corrected chi connectivity index (χ1v) is 7.93. The van der Waals surface area contributed by atoms with Gasteiger partial charge in [-0.05, 0) is 36.2 Å². The summed E-state index contributed by atoms with van der Waals surface area (Å²) < 4.78 is 13.9. The molecule has 3 rings (SSSR count). The normalized spacial score (nSPS) is 16.9. The van der Waals surface area contributed by atoms with E-state index in [1.54, 1.807) is 36.0 Å². The topological polar surface area (TPSA) is 35.8 Å². The molecule has 1 unspecified atom stereocenters. The molecule has 2 aromatic rings. The predicted octanol–water partition coefficient (Wildman–Crippen LogP) is 5.00. The highest BCUT2D eigenvalue weighted by molar-refractivity contribution is 7.99. The lowest BCUT2D eigenvalue weighted by Gasteiger charge is -2.27. The van der Waals surface area contributed by atoms with Crippen molar-refractivity contribution in [3.8, 4) is 6.07 Å². The highest BCUT2D eigenvalue weighted by Gasteiger charge is 2.23. The summed E-state index contributed by atoms with van der Waals surface area (Å²) in [5.41, 5.74) is 2.26. The minimum atomic E-state index is -0.171. The van der Waals surface area contributed by atoms with Crippen LogP contribution in [-0.4, -0.2) is 5.75 Å². The molecule has 2 aromatic carbocycles. The molecule has 0 aliphatic carbocycles. The summed E-state index contributed by atoms with van der Waals surface area (Å²) >= 11 is 7.74. The van der Waals surface area contributed by atoms with Gasteiger partial charge in [-0.25, -0.2) is 4.39 Å². The maximum absolute atomic E-state index is 13.9. The van der Waals surface area contributed by atoms with Crippen LogP contribution in [0.2, 0.25) is 5.02 Å². The van der Waals surface area contributed by atoms with Crippen LogP contribution in [0, 0.1) is 17.1 Å². The Hall–Kier alpha value is -1.70. The summed E-state index contributed by atoms with van der Waals surface area (Å²) in [4.78, 5) is 0.714. The average Bonchev–Trinajstić information content (AvgIpc) is 2.50. The fraction of sp³-hybridized carbons (Fsp3) is 0.188. The van der Waals surface area contributed by atoms with Crippen LogP contribution in [0.4, 0.5) is 10.1 Å². The van der Waals surface area contributed by atoms with Gasteiger partial charge in [0, 0.05) is 10.6 Å². The first-order valence-electron chi connectivity index (χ1n) is 6.56. The quantitative estimate of drug-likeness (QED) is 0.846. The Morgan fingerprint density at radius 3 is 2.95 bits per heavy atom. The molecule has 0 bridgehead atoms. The summed E-state index contributed by atoms with van der Waals surface area (Å²) in [6.07, 6.45) is 0.900. The largest absolute Gasteiger partial charge is 0.377 e. The summed E-state index contributed by atoms with van der Waals surface area (Å²) in [5, 5.41) is 12.7. The number of fused-ring (bicyclic) bond motifs is 1. The third-order valence-electron chi connectivity index (χ3n) is 3.45. The lowest BCUT2D eigenvalue weighted by Crippen LogP contribution is -2.17. The lowest BCUT2D eigenvalue weighted by atomic mass is 10.0. The van der Waals surface area contributed by atoms with Gasteiger partial charge < -0.3 is 5.32 Å². The van der Waals surface area contributed by atoms with E-state index >= 15 is 0 Å². The van der Waals surface area contributed by atoms with Crippen molar-refractivity contribution in [3.63, 3.8) is 0 Å². The van der Waals surface area contributed by atoms with E-state index in [0.29, 0.717) is 15.5 Å². The van der Waals surface area contributed by atoms with Crippen molar-refractivity contribution in [2.75, 3.05) is 11.1 Å². The first-order chi connectivity index (χ1) is 10.2. The molecule has 21 heavy (non-hydrogen) atoms. The van der Waals surface area contributed by atoms with E-state index in [2.05, 4.69) is 11.4 Å². The van der Waals surface area contributed by atoms with Gasteiger partial charge in [0.05, 0.1) is 28.4 Å². The monoisotopic (exact) mass is 318 g/mol. The molecule has 106 valence electrons. The van der Waals surface area contributed by atoms with Crippen LogP contribution in [0.15, 0.2) is 41.3 Å². The zero-order chi connectivity index (χ0) is 14.8. The zero-order valence-electron chi connectivity index (χ0n) is 11.1. The molecular formula is C16H12ClFN2S. The fourth-order valence-electron chi connectivity index (χ4n) is 2.43. The van der Waals surface area contributed by atoms with E-state index in [4.69, 9.17) is 16.9 Å². The van der Waals surface area contributed by atoms with Gasteiger partial charge in [-0.1, -0.05) is 23.7 Å². The zero-order valence-corrected chi connectivity index (χ0v) is 12.6. The number of rotatable bonds is 2. The molecule has 2 nitrogen and oxygen atoms in total. The van der Waals surface area contributed by atoms with Gasteiger partial charge in [-0.2, -0.15) is 5.26 Å². The Balaban J connectivity index is 1.91. The standard InChI is InChI=1S/C16H12ClFN2S/c17-12-8-10(9-19)4-5-15(12)20-14-6-7-21-16-11(14)2-1-3-13(16)18/h1-5,8,14,20H,6-7H2. The Bertz CT molecular complexity index is 727. The van der Waals surface area contributed by atoms with E-state index in [1.165, 1.54) is 6.07 Å². The number of benzene rings is 2. The van der Waals surface area contributed by atoms with Gasteiger partial charge in [-0.3, -0.25) is 0 Å². The highest BCUT2D eigenvalue weighted by Crippen LogP contribution is 2.40. The van der Waals surface area contributed by atoms with Gasteiger partial charge >= 0.3 is 0 Å². The van der Waals surface area contributed by atoms with Crippen molar-refractivity contribution in [1.29, 1.82) is 5.26 Å². The van der Waals surface area contributed by atoms with E-state index in [9.17, 15) is 4.39 Å². The molecule has 0 aromatic heterocycles.